The van der Waals surface area contributed by atoms with Crippen LogP contribution < -0.4 is 0 Å². The van der Waals surface area contributed by atoms with Gasteiger partial charge in [0.1, 0.15) is 11.5 Å². The van der Waals surface area contributed by atoms with Crippen LogP contribution in [0.2, 0.25) is 0 Å². The van der Waals surface area contributed by atoms with Crippen molar-refractivity contribution in [3.05, 3.63) is 22.2 Å². The first kappa shape index (κ1) is 10.1. The number of hydrogen-bond acceptors (Lipinski definition) is 3. The number of Topliss-reactive ketones (excluding diaryl/α,β-unsaturated/α-hetero) is 1. The van der Waals surface area contributed by atoms with E-state index in [-0.39, 0.29) is 22.8 Å². The van der Waals surface area contributed by atoms with E-state index in [0.29, 0.717) is 10.9 Å². The number of ketones is 1. The molecular weight excluding hydrogens is 236 g/mol. The number of benzene rings is 1. The van der Waals surface area contributed by atoms with Crippen LogP contribution in [0.25, 0.3) is 0 Å². The van der Waals surface area contributed by atoms with E-state index < -0.39 is 0 Å². The summed E-state index contributed by atoms with van der Waals surface area (Å²) in [5.41, 5.74) is 0.229. The van der Waals surface area contributed by atoms with E-state index in [4.69, 9.17) is 5.11 Å². The van der Waals surface area contributed by atoms with Crippen LogP contribution in [-0.4, -0.2) is 16.0 Å². The molecule has 0 aliphatic heterocycles. The van der Waals surface area contributed by atoms with Crippen molar-refractivity contribution < 1.29 is 15.0 Å². The molecular formula is C9H9BrO3. The maximum atomic E-state index is 11.2. The van der Waals surface area contributed by atoms with Crippen molar-refractivity contribution in [3.63, 3.8) is 0 Å². The van der Waals surface area contributed by atoms with Gasteiger partial charge in [-0.25, -0.2) is 0 Å². The molecule has 1 rings (SSSR count). The van der Waals surface area contributed by atoms with Gasteiger partial charge in [0.2, 0.25) is 0 Å². The highest BCUT2D eigenvalue weighted by Gasteiger charge is 2.12. The molecule has 0 heterocycles. The minimum absolute atomic E-state index is 0.0786. The molecule has 0 aliphatic rings. The van der Waals surface area contributed by atoms with Crippen molar-refractivity contribution in [2.45, 2.75) is 13.3 Å². The monoisotopic (exact) mass is 244 g/mol. The number of carbonyl (C=O) groups is 1. The summed E-state index contributed by atoms with van der Waals surface area (Å²) >= 11 is 3.06. The second-order valence-electron chi connectivity index (χ2n) is 2.60. The summed E-state index contributed by atoms with van der Waals surface area (Å²) in [6, 6.07) is 2.56. The molecule has 0 unspecified atom stereocenters. The van der Waals surface area contributed by atoms with Crippen LogP contribution in [0, 0.1) is 0 Å². The first-order valence-electron chi connectivity index (χ1n) is 3.81. The number of aromatic hydroxyl groups is 2. The van der Waals surface area contributed by atoms with E-state index in [1.165, 1.54) is 6.07 Å². The maximum absolute atomic E-state index is 11.2. The fourth-order valence-electron chi connectivity index (χ4n) is 0.965. The molecule has 0 bridgehead atoms. The van der Waals surface area contributed by atoms with Crippen molar-refractivity contribution in [1.82, 2.24) is 0 Å². The lowest BCUT2D eigenvalue weighted by Gasteiger charge is -2.04. The Balaban J connectivity index is 3.23. The number of halogens is 1. The zero-order valence-corrected chi connectivity index (χ0v) is 8.63. The zero-order chi connectivity index (χ0) is 10.0. The minimum atomic E-state index is -0.187. The third-order valence-electron chi connectivity index (χ3n) is 1.69. The summed E-state index contributed by atoms with van der Waals surface area (Å²) < 4.78 is 0.405. The maximum Gasteiger partial charge on any atom is 0.166 e. The standard InChI is InChI=1S/C9H9BrO3/c1-2-7(11)5-3-6(10)9(13)4-8(5)12/h3-4,12-13H,2H2,1H3. The number of rotatable bonds is 2. The van der Waals surface area contributed by atoms with E-state index in [1.807, 2.05) is 0 Å². The number of phenols is 2. The van der Waals surface area contributed by atoms with Gasteiger partial charge in [-0.2, -0.15) is 0 Å². The quantitative estimate of drug-likeness (QED) is 0.787. The summed E-state index contributed by atoms with van der Waals surface area (Å²) in [5.74, 6) is -0.420. The smallest absolute Gasteiger partial charge is 0.166 e. The Hall–Kier alpha value is -1.03. The largest absolute Gasteiger partial charge is 0.507 e. The predicted molar refractivity (Wildman–Crippen MR) is 52.1 cm³/mol. The highest BCUT2D eigenvalue weighted by atomic mass is 79.9. The Morgan fingerprint density at radius 2 is 2.00 bits per heavy atom. The zero-order valence-electron chi connectivity index (χ0n) is 7.04. The van der Waals surface area contributed by atoms with E-state index in [0.717, 1.165) is 6.07 Å². The minimum Gasteiger partial charge on any atom is -0.507 e. The lowest BCUT2D eigenvalue weighted by Crippen LogP contribution is -1.96. The Morgan fingerprint density at radius 3 is 2.54 bits per heavy atom. The first-order chi connectivity index (χ1) is 6.06. The van der Waals surface area contributed by atoms with Crippen LogP contribution in [0.5, 0.6) is 11.5 Å². The van der Waals surface area contributed by atoms with Crippen LogP contribution in [-0.2, 0) is 0 Å². The molecule has 0 radical (unpaired) electrons. The van der Waals surface area contributed by atoms with Crippen molar-refractivity contribution in [2.75, 3.05) is 0 Å². The van der Waals surface area contributed by atoms with Crippen molar-refractivity contribution in [3.8, 4) is 11.5 Å². The second kappa shape index (κ2) is 3.79. The molecule has 70 valence electrons. The average Bonchev–Trinajstić information content (AvgIpc) is 2.10. The highest BCUT2D eigenvalue weighted by molar-refractivity contribution is 9.10. The Kier molecular flexibility index (Phi) is 2.93. The summed E-state index contributed by atoms with van der Waals surface area (Å²) in [6.07, 6.45) is 0.324. The molecule has 4 heteroatoms. The van der Waals surface area contributed by atoms with Crippen molar-refractivity contribution in [2.24, 2.45) is 0 Å². The van der Waals surface area contributed by atoms with Crippen LogP contribution in [0.1, 0.15) is 23.7 Å². The molecule has 2 N–H and O–H groups in total. The van der Waals surface area contributed by atoms with Gasteiger partial charge in [0, 0.05) is 12.5 Å². The molecule has 0 saturated carbocycles. The van der Waals surface area contributed by atoms with Gasteiger partial charge in [0.05, 0.1) is 10.0 Å². The molecule has 0 spiro atoms. The van der Waals surface area contributed by atoms with Crippen molar-refractivity contribution >= 4 is 21.7 Å². The van der Waals surface area contributed by atoms with Crippen LogP contribution in [0.15, 0.2) is 16.6 Å². The number of hydrogen-bond donors (Lipinski definition) is 2. The molecule has 0 aromatic heterocycles. The molecule has 0 fully saturated rings. The Morgan fingerprint density at radius 1 is 1.38 bits per heavy atom. The lowest BCUT2D eigenvalue weighted by atomic mass is 10.1. The Bertz CT molecular complexity index is 347. The topological polar surface area (TPSA) is 57.5 Å². The molecule has 0 aliphatic carbocycles. The van der Waals surface area contributed by atoms with Gasteiger partial charge in [0.15, 0.2) is 5.78 Å². The molecule has 3 nitrogen and oxygen atoms in total. The molecule has 0 atom stereocenters. The number of carbonyl (C=O) groups excluding carboxylic acids is 1. The first-order valence-corrected chi connectivity index (χ1v) is 4.60. The third-order valence-corrected chi connectivity index (χ3v) is 2.32. The van der Waals surface area contributed by atoms with Crippen molar-refractivity contribution in [1.29, 1.82) is 0 Å². The normalized spacial score (nSPS) is 10.0. The fourth-order valence-corrected chi connectivity index (χ4v) is 1.31. The van der Waals surface area contributed by atoms with Gasteiger partial charge in [-0.1, -0.05) is 6.92 Å². The summed E-state index contributed by atoms with van der Waals surface area (Å²) in [4.78, 5) is 11.2. The summed E-state index contributed by atoms with van der Waals surface area (Å²) in [5, 5.41) is 18.5. The lowest BCUT2D eigenvalue weighted by molar-refractivity contribution is 0.0985. The number of phenolic OH excluding ortho intramolecular Hbond substituents is 2. The summed E-state index contributed by atoms with van der Waals surface area (Å²) in [7, 11) is 0. The molecule has 0 amide bonds. The third kappa shape index (κ3) is 2.01. The van der Waals surface area contributed by atoms with Crippen LogP contribution >= 0.6 is 15.9 Å². The van der Waals surface area contributed by atoms with Crippen LogP contribution in [0.4, 0.5) is 0 Å². The predicted octanol–water partition coefficient (Wildman–Crippen LogP) is 2.45. The molecule has 13 heavy (non-hydrogen) atoms. The van der Waals surface area contributed by atoms with Gasteiger partial charge >= 0.3 is 0 Å². The van der Waals surface area contributed by atoms with Gasteiger partial charge in [-0.05, 0) is 22.0 Å². The van der Waals surface area contributed by atoms with Gasteiger partial charge < -0.3 is 10.2 Å². The van der Waals surface area contributed by atoms with E-state index in [2.05, 4.69) is 15.9 Å². The SMILES string of the molecule is CCC(=O)c1cc(Br)c(O)cc1O. The highest BCUT2D eigenvalue weighted by Crippen LogP contribution is 2.31. The average molecular weight is 245 g/mol. The van der Waals surface area contributed by atoms with Gasteiger partial charge in [-0.3, -0.25) is 4.79 Å². The van der Waals surface area contributed by atoms with Crippen LogP contribution in [0.3, 0.4) is 0 Å². The van der Waals surface area contributed by atoms with Gasteiger partial charge in [-0.15, -0.1) is 0 Å². The fraction of sp³-hybridized carbons (Fsp3) is 0.222. The van der Waals surface area contributed by atoms with Gasteiger partial charge in [0.25, 0.3) is 0 Å². The molecule has 1 aromatic carbocycles. The van der Waals surface area contributed by atoms with E-state index in [9.17, 15) is 9.90 Å². The van der Waals surface area contributed by atoms with E-state index >= 15 is 0 Å². The Labute approximate surface area is 84.1 Å². The molecule has 0 saturated heterocycles. The second-order valence-corrected chi connectivity index (χ2v) is 3.45. The van der Waals surface area contributed by atoms with E-state index in [1.54, 1.807) is 6.92 Å². The summed E-state index contributed by atoms with van der Waals surface area (Å²) in [6.45, 7) is 1.71. The molecule has 1 aromatic rings.